The first-order valence-electron chi connectivity index (χ1n) is 13.2. The number of nitrogens with one attached hydrogen (secondary N) is 2. The number of carbonyl (C=O) groups is 1. The third kappa shape index (κ3) is 6.29. The summed E-state index contributed by atoms with van der Waals surface area (Å²) >= 11 is 0. The number of fused-ring (bicyclic) bond motifs is 1. The molecule has 2 N–H and O–H groups in total. The normalized spacial score (nSPS) is 13.2. The van der Waals surface area contributed by atoms with Crippen LogP contribution in [0.4, 0.5) is 24.8 Å². The van der Waals surface area contributed by atoms with Gasteiger partial charge in [-0.2, -0.15) is 28.4 Å². The summed E-state index contributed by atoms with van der Waals surface area (Å²) in [7, 11) is 0. The highest BCUT2D eigenvalue weighted by atomic mass is 19.4. The average molecular weight is 591 g/mol. The number of anilines is 2. The fourth-order valence-electron chi connectivity index (χ4n) is 4.53. The van der Waals surface area contributed by atoms with Crippen molar-refractivity contribution in [3.05, 3.63) is 70.0 Å². The van der Waals surface area contributed by atoms with E-state index in [1.807, 2.05) is 11.0 Å². The van der Waals surface area contributed by atoms with Crippen LogP contribution in [-0.4, -0.2) is 57.4 Å². The van der Waals surface area contributed by atoms with E-state index in [2.05, 4.69) is 27.1 Å². The van der Waals surface area contributed by atoms with Crippen LogP contribution in [-0.2, 0) is 17.9 Å². The van der Waals surface area contributed by atoms with E-state index < -0.39 is 17.6 Å². The van der Waals surface area contributed by atoms with Crippen LogP contribution in [0.25, 0.3) is 11.2 Å². The van der Waals surface area contributed by atoms with Gasteiger partial charge in [0, 0.05) is 26.2 Å². The van der Waals surface area contributed by atoms with Crippen LogP contribution in [0.15, 0.2) is 53.3 Å². The largest absolute Gasteiger partial charge is 0.471 e. The van der Waals surface area contributed by atoms with E-state index in [1.54, 1.807) is 41.1 Å². The fourth-order valence-corrected chi connectivity index (χ4v) is 4.53. The van der Waals surface area contributed by atoms with Crippen LogP contribution in [0.2, 0.25) is 0 Å². The van der Waals surface area contributed by atoms with Crippen molar-refractivity contribution < 1.29 is 22.7 Å². The standard InChI is InChI=1S/C29H25F3N8O3/c1-2-3-14-39-23-24(36-27(39)38-15-12-34-13-16-38)37-28(40(25(23)41)18-20-10-8-19(17-33)9-11-20)43-22-7-5-4-6-21(22)35-26(42)29(30,31)32/h4-11,34H,12-16,18H2,1H3,(H,35,42). The lowest BCUT2D eigenvalue weighted by atomic mass is 10.1. The molecule has 43 heavy (non-hydrogen) atoms. The molecule has 1 aliphatic heterocycles. The molecule has 5 rings (SSSR count). The molecule has 14 heteroatoms. The van der Waals surface area contributed by atoms with Gasteiger partial charge in [0.1, 0.15) is 0 Å². The summed E-state index contributed by atoms with van der Waals surface area (Å²) in [5.41, 5.74) is 0.512. The highest BCUT2D eigenvalue weighted by Crippen LogP contribution is 2.31. The predicted molar refractivity (Wildman–Crippen MR) is 152 cm³/mol. The summed E-state index contributed by atoms with van der Waals surface area (Å²) in [5, 5.41) is 14.2. The van der Waals surface area contributed by atoms with Crippen molar-refractivity contribution in [2.45, 2.75) is 26.2 Å². The Bertz CT molecular complexity index is 1820. The summed E-state index contributed by atoms with van der Waals surface area (Å²) in [4.78, 5) is 37.1. The van der Waals surface area contributed by atoms with Crippen LogP contribution < -0.4 is 25.8 Å². The first-order chi connectivity index (χ1) is 20.7. The van der Waals surface area contributed by atoms with Crippen molar-refractivity contribution in [3.8, 4) is 29.7 Å². The summed E-state index contributed by atoms with van der Waals surface area (Å²) in [6.45, 7) is 4.52. The van der Waals surface area contributed by atoms with Gasteiger partial charge in [-0.15, -0.1) is 5.92 Å². The maximum absolute atomic E-state index is 14.2. The second-order valence-corrected chi connectivity index (χ2v) is 9.48. The molecule has 1 saturated heterocycles. The second-order valence-electron chi connectivity index (χ2n) is 9.48. The zero-order chi connectivity index (χ0) is 30.6. The molecule has 1 aliphatic rings. The summed E-state index contributed by atoms with van der Waals surface area (Å²) in [5.74, 6) is 3.98. The molecule has 1 fully saturated rings. The molecule has 1 amide bonds. The van der Waals surface area contributed by atoms with Crippen LogP contribution >= 0.6 is 0 Å². The van der Waals surface area contributed by atoms with Gasteiger partial charge in [-0.3, -0.25) is 18.7 Å². The quantitative estimate of drug-likeness (QED) is 0.314. The number of rotatable bonds is 7. The molecule has 2 aromatic heterocycles. The first-order valence-corrected chi connectivity index (χ1v) is 13.2. The molecule has 0 unspecified atom stereocenters. The van der Waals surface area contributed by atoms with Gasteiger partial charge in [-0.05, 0) is 36.8 Å². The number of nitrogens with zero attached hydrogens (tertiary/aromatic N) is 6. The number of amides is 1. The summed E-state index contributed by atoms with van der Waals surface area (Å²) in [6.07, 6.45) is -5.13. The van der Waals surface area contributed by atoms with Crippen LogP contribution in [0, 0.1) is 23.2 Å². The maximum atomic E-state index is 14.2. The molecule has 220 valence electrons. The molecule has 4 aromatic rings. The number of carbonyl (C=O) groups excluding carboxylic acids is 1. The maximum Gasteiger partial charge on any atom is 0.471 e. The molecule has 0 aliphatic carbocycles. The molecule has 0 spiro atoms. The summed E-state index contributed by atoms with van der Waals surface area (Å²) < 4.78 is 47.9. The number of nitriles is 1. The Morgan fingerprint density at radius 2 is 1.81 bits per heavy atom. The molecular weight excluding hydrogens is 565 g/mol. The highest BCUT2D eigenvalue weighted by Gasteiger charge is 2.39. The third-order valence-corrected chi connectivity index (χ3v) is 6.64. The number of ether oxygens (including phenoxy) is 1. The Balaban J connectivity index is 1.67. The van der Waals surface area contributed by atoms with E-state index in [-0.39, 0.29) is 41.7 Å². The highest BCUT2D eigenvalue weighted by molar-refractivity contribution is 5.96. The average Bonchev–Trinajstić information content (AvgIpc) is 3.37. The Morgan fingerprint density at radius 3 is 2.49 bits per heavy atom. The number of piperazine rings is 1. The van der Waals surface area contributed by atoms with E-state index >= 15 is 0 Å². The van der Waals surface area contributed by atoms with Crippen molar-refractivity contribution in [2.75, 3.05) is 36.4 Å². The number of para-hydroxylation sites is 2. The Morgan fingerprint density at radius 1 is 1.09 bits per heavy atom. The van der Waals surface area contributed by atoms with Crippen LogP contribution in [0.3, 0.4) is 0 Å². The number of hydrogen-bond acceptors (Lipinski definition) is 8. The second kappa shape index (κ2) is 12.3. The van der Waals surface area contributed by atoms with Gasteiger partial charge < -0.3 is 20.3 Å². The van der Waals surface area contributed by atoms with Gasteiger partial charge in [0.2, 0.25) is 5.95 Å². The van der Waals surface area contributed by atoms with Crippen molar-refractivity contribution in [3.63, 3.8) is 0 Å². The number of imidazole rings is 1. The Labute approximate surface area is 243 Å². The lowest BCUT2D eigenvalue weighted by Crippen LogP contribution is -2.44. The van der Waals surface area contributed by atoms with E-state index in [1.165, 1.54) is 28.8 Å². The number of aromatic nitrogens is 4. The van der Waals surface area contributed by atoms with Gasteiger partial charge in [-0.1, -0.05) is 30.2 Å². The minimum absolute atomic E-state index is 0.0481. The molecule has 0 radical (unpaired) electrons. The lowest BCUT2D eigenvalue weighted by Gasteiger charge is -2.28. The molecule has 0 saturated carbocycles. The van der Waals surface area contributed by atoms with E-state index in [0.717, 1.165) is 0 Å². The van der Waals surface area contributed by atoms with Crippen molar-refractivity contribution >= 4 is 28.7 Å². The zero-order valence-electron chi connectivity index (χ0n) is 22.9. The van der Waals surface area contributed by atoms with Crippen molar-refractivity contribution in [1.29, 1.82) is 5.26 Å². The number of hydrogen-bond donors (Lipinski definition) is 2. The number of benzene rings is 2. The summed E-state index contributed by atoms with van der Waals surface area (Å²) in [6, 6.07) is 13.8. The minimum Gasteiger partial charge on any atom is -0.423 e. The van der Waals surface area contributed by atoms with Crippen LogP contribution in [0.5, 0.6) is 11.8 Å². The first kappa shape index (κ1) is 29.2. The Hall–Kier alpha value is -5.34. The van der Waals surface area contributed by atoms with Gasteiger partial charge in [-0.25, -0.2) is 0 Å². The zero-order valence-corrected chi connectivity index (χ0v) is 22.9. The smallest absolute Gasteiger partial charge is 0.423 e. The van der Waals surface area contributed by atoms with E-state index in [9.17, 15) is 28.0 Å². The molecule has 0 atom stereocenters. The number of alkyl halides is 3. The van der Waals surface area contributed by atoms with Crippen LogP contribution in [0.1, 0.15) is 18.1 Å². The van der Waals surface area contributed by atoms with Crippen molar-refractivity contribution in [1.82, 2.24) is 24.4 Å². The molecule has 3 heterocycles. The molecular formula is C29H25F3N8O3. The van der Waals surface area contributed by atoms with Gasteiger partial charge in [0.15, 0.2) is 16.9 Å². The van der Waals surface area contributed by atoms with Gasteiger partial charge in [0.25, 0.3) is 5.56 Å². The van der Waals surface area contributed by atoms with Gasteiger partial charge in [0.05, 0.1) is 30.4 Å². The lowest BCUT2D eigenvalue weighted by molar-refractivity contribution is -0.167. The third-order valence-electron chi connectivity index (χ3n) is 6.64. The monoisotopic (exact) mass is 590 g/mol. The molecule has 0 bridgehead atoms. The minimum atomic E-state index is -5.13. The molecule has 2 aromatic carbocycles. The van der Waals surface area contributed by atoms with E-state index in [0.29, 0.717) is 43.3 Å². The topological polar surface area (TPSA) is 130 Å². The predicted octanol–water partition coefficient (Wildman–Crippen LogP) is 3.24. The molecule has 11 nitrogen and oxygen atoms in total. The van der Waals surface area contributed by atoms with Gasteiger partial charge >= 0.3 is 18.1 Å². The van der Waals surface area contributed by atoms with E-state index in [4.69, 9.17) is 4.74 Å². The SMILES string of the molecule is CC#CCn1c(N2CCNCC2)nc2nc(Oc3ccccc3NC(=O)C(F)(F)F)n(Cc3ccc(C#N)cc3)c(=O)c21. The number of halogens is 3. The van der Waals surface area contributed by atoms with Crippen molar-refractivity contribution in [2.24, 2.45) is 0 Å². The Kier molecular flexibility index (Phi) is 8.32. The fraction of sp³-hybridized carbons (Fsp3) is 0.276.